The van der Waals surface area contributed by atoms with Crippen molar-refractivity contribution in [2.75, 3.05) is 18.4 Å². The van der Waals surface area contributed by atoms with Crippen molar-refractivity contribution < 1.29 is 4.79 Å². The number of pyridine rings is 2. The molecule has 8 heteroatoms. The number of H-pyrrole nitrogens is 1. The number of amides is 1. The van der Waals surface area contributed by atoms with Crippen molar-refractivity contribution >= 4 is 71.9 Å². The predicted molar refractivity (Wildman–Crippen MR) is 162 cm³/mol. The van der Waals surface area contributed by atoms with E-state index >= 15 is 0 Å². The highest BCUT2D eigenvalue weighted by Crippen LogP contribution is 2.32. The Labute approximate surface area is 238 Å². The SMILES string of the molecule is CC(C)c1ccc(CCC(=O)N2CCC[C@H](Nc3nc4c(I)c[nH]c(=O)c4c4cc(Br)ccc34)C2)cc1. The Morgan fingerprint density at radius 3 is 2.76 bits per heavy atom. The maximum Gasteiger partial charge on any atom is 0.258 e. The molecule has 1 fully saturated rings. The van der Waals surface area contributed by atoms with Crippen LogP contribution in [0.3, 0.4) is 0 Å². The van der Waals surface area contributed by atoms with Crippen LogP contribution in [-0.2, 0) is 11.2 Å². The molecule has 2 aromatic heterocycles. The lowest BCUT2D eigenvalue weighted by Gasteiger charge is -2.34. The molecule has 5 rings (SSSR count). The molecule has 0 unspecified atom stereocenters. The molecule has 0 spiro atoms. The van der Waals surface area contributed by atoms with E-state index in [0.29, 0.717) is 29.8 Å². The van der Waals surface area contributed by atoms with Crippen molar-refractivity contribution in [2.45, 2.75) is 51.5 Å². The van der Waals surface area contributed by atoms with Crippen molar-refractivity contribution in [2.24, 2.45) is 0 Å². The summed E-state index contributed by atoms with van der Waals surface area (Å²) in [5.41, 5.74) is 3.06. The van der Waals surface area contributed by atoms with Crippen LogP contribution in [0.4, 0.5) is 5.82 Å². The Bertz CT molecular complexity index is 1520. The van der Waals surface area contributed by atoms with Gasteiger partial charge in [0.2, 0.25) is 5.91 Å². The molecule has 1 saturated heterocycles. The van der Waals surface area contributed by atoms with E-state index in [4.69, 9.17) is 4.98 Å². The summed E-state index contributed by atoms with van der Waals surface area (Å²) in [7, 11) is 0. The summed E-state index contributed by atoms with van der Waals surface area (Å²) < 4.78 is 1.80. The topological polar surface area (TPSA) is 78.1 Å². The highest BCUT2D eigenvalue weighted by Gasteiger charge is 2.25. The maximum absolute atomic E-state index is 13.1. The van der Waals surface area contributed by atoms with Gasteiger partial charge in [-0.2, -0.15) is 0 Å². The van der Waals surface area contributed by atoms with Gasteiger partial charge in [-0.25, -0.2) is 4.98 Å². The summed E-state index contributed by atoms with van der Waals surface area (Å²) in [6.45, 7) is 5.81. The van der Waals surface area contributed by atoms with Gasteiger partial charge in [-0.05, 0) is 77.1 Å². The zero-order valence-electron chi connectivity index (χ0n) is 21.0. The van der Waals surface area contributed by atoms with Gasteiger partial charge in [-0.3, -0.25) is 9.59 Å². The first-order valence-corrected chi connectivity index (χ1v) is 14.6. The monoisotopic (exact) mass is 672 g/mol. The van der Waals surface area contributed by atoms with E-state index in [0.717, 1.165) is 50.4 Å². The van der Waals surface area contributed by atoms with Crippen LogP contribution in [0, 0.1) is 3.57 Å². The molecular formula is C29H30BrIN4O2. The third-order valence-corrected chi connectivity index (χ3v) is 8.45. The molecule has 192 valence electrons. The van der Waals surface area contributed by atoms with E-state index in [2.05, 4.69) is 86.9 Å². The van der Waals surface area contributed by atoms with Gasteiger partial charge in [0.1, 0.15) is 5.82 Å². The van der Waals surface area contributed by atoms with Crippen LogP contribution in [-0.4, -0.2) is 39.9 Å². The van der Waals surface area contributed by atoms with Gasteiger partial charge in [0.25, 0.3) is 5.56 Å². The molecule has 1 amide bonds. The number of hydrogen-bond acceptors (Lipinski definition) is 4. The molecule has 0 bridgehead atoms. The van der Waals surface area contributed by atoms with Gasteiger partial charge >= 0.3 is 0 Å². The number of piperidine rings is 1. The van der Waals surface area contributed by atoms with Crippen LogP contribution in [0.15, 0.2) is 57.9 Å². The lowest BCUT2D eigenvalue weighted by Crippen LogP contribution is -2.45. The molecule has 1 atom stereocenters. The zero-order chi connectivity index (χ0) is 26.1. The molecule has 37 heavy (non-hydrogen) atoms. The standard InChI is InChI=1S/C29H30BrIN4O2/c1-17(2)19-8-5-18(6-9-19)7-12-25(36)35-13-3-4-21(16-35)33-28-22-11-10-20(30)14-23(22)26-27(34-28)24(31)15-32-29(26)37/h5-6,8-11,14-15,17,21H,3-4,7,12-13,16H2,1-2H3,(H,32,37)(H,33,34)/t21-/m0/s1. The van der Waals surface area contributed by atoms with Crippen molar-refractivity contribution in [1.82, 2.24) is 14.9 Å². The summed E-state index contributed by atoms with van der Waals surface area (Å²) in [6, 6.07) is 14.6. The molecule has 0 saturated carbocycles. The number of rotatable bonds is 6. The lowest BCUT2D eigenvalue weighted by atomic mass is 9.99. The third kappa shape index (κ3) is 5.70. The molecule has 0 aliphatic carbocycles. The van der Waals surface area contributed by atoms with Gasteiger partial charge in [-0.1, -0.05) is 54.0 Å². The normalized spacial score (nSPS) is 16.0. The number of anilines is 1. The Balaban J connectivity index is 1.33. The number of aromatic amines is 1. The van der Waals surface area contributed by atoms with Crippen molar-refractivity contribution in [1.29, 1.82) is 0 Å². The molecule has 4 aromatic rings. The number of fused-ring (bicyclic) bond motifs is 3. The highest BCUT2D eigenvalue weighted by molar-refractivity contribution is 14.1. The fourth-order valence-corrected chi connectivity index (χ4v) is 5.97. The summed E-state index contributed by atoms with van der Waals surface area (Å²) in [4.78, 5) is 35.5. The number of nitrogens with zero attached hydrogens (tertiary/aromatic N) is 2. The Morgan fingerprint density at radius 2 is 2.00 bits per heavy atom. The largest absolute Gasteiger partial charge is 0.365 e. The smallest absolute Gasteiger partial charge is 0.258 e. The maximum atomic E-state index is 13.1. The van der Waals surface area contributed by atoms with E-state index < -0.39 is 0 Å². The summed E-state index contributed by atoms with van der Waals surface area (Å²) in [6.07, 6.45) is 4.87. The van der Waals surface area contributed by atoms with Crippen LogP contribution in [0.2, 0.25) is 0 Å². The van der Waals surface area contributed by atoms with Crippen LogP contribution in [0.5, 0.6) is 0 Å². The van der Waals surface area contributed by atoms with E-state index in [1.165, 1.54) is 11.1 Å². The second-order valence-electron chi connectivity index (χ2n) is 10.1. The van der Waals surface area contributed by atoms with Crippen LogP contribution >= 0.6 is 38.5 Å². The van der Waals surface area contributed by atoms with Crippen molar-refractivity contribution in [3.8, 4) is 0 Å². The quantitative estimate of drug-likeness (QED) is 0.179. The lowest BCUT2D eigenvalue weighted by molar-refractivity contribution is -0.132. The highest BCUT2D eigenvalue weighted by atomic mass is 127. The number of hydrogen-bond donors (Lipinski definition) is 2. The van der Waals surface area contributed by atoms with E-state index in [-0.39, 0.29) is 17.5 Å². The number of carbonyl (C=O) groups is 1. The molecule has 2 N–H and O–H groups in total. The zero-order valence-corrected chi connectivity index (χ0v) is 24.7. The fourth-order valence-electron chi connectivity index (χ4n) is 5.06. The second kappa shape index (κ2) is 11.1. The number of aromatic nitrogens is 2. The summed E-state index contributed by atoms with van der Waals surface area (Å²) in [5.74, 6) is 1.46. The second-order valence-corrected chi connectivity index (χ2v) is 12.1. The average Bonchev–Trinajstić information content (AvgIpc) is 2.89. The Hall–Kier alpha value is -2.46. The van der Waals surface area contributed by atoms with Crippen molar-refractivity contribution in [3.05, 3.63) is 78.2 Å². The predicted octanol–water partition coefficient (Wildman–Crippen LogP) is 6.60. The van der Waals surface area contributed by atoms with Gasteiger partial charge in [-0.15, -0.1) is 0 Å². The molecule has 6 nitrogen and oxygen atoms in total. The van der Waals surface area contributed by atoms with Crippen LogP contribution in [0.1, 0.15) is 50.2 Å². The number of benzene rings is 2. The molecule has 2 aromatic carbocycles. The summed E-state index contributed by atoms with van der Waals surface area (Å²) in [5, 5.41) is 5.97. The van der Waals surface area contributed by atoms with E-state index in [9.17, 15) is 9.59 Å². The van der Waals surface area contributed by atoms with Crippen LogP contribution < -0.4 is 10.9 Å². The molecule has 3 heterocycles. The molecular weight excluding hydrogens is 643 g/mol. The third-order valence-electron chi connectivity index (χ3n) is 7.14. The van der Waals surface area contributed by atoms with Crippen LogP contribution in [0.25, 0.3) is 21.7 Å². The minimum Gasteiger partial charge on any atom is -0.365 e. The Morgan fingerprint density at radius 1 is 1.22 bits per heavy atom. The number of carbonyl (C=O) groups excluding carboxylic acids is 1. The number of nitrogens with one attached hydrogen (secondary N) is 2. The van der Waals surface area contributed by atoms with Gasteiger partial charge in [0, 0.05) is 47.0 Å². The van der Waals surface area contributed by atoms with Gasteiger partial charge in [0.05, 0.1) is 14.5 Å². The first-order valence-electron chi connectivity index (χ1n) is 12.7. The van der Waals surface area contributed by atoms with E-state index in [1.54, 1.807) is 6.20 Å². The Kier molecular flexibility index (Phi) is 7.85. The molecule has 1 aliphatic rings. The number of halogens is 2. The van der Waals surface area contributed by atoms with Gasteiger partial charge in [0.15, 0.2) is 0 Å². The molecule has 1 aliphatic heterocycles. The fraction of sp³-hybridized carbons (Fsp3) is 0.345. The first kappa shape index (κ1) is 26.2. The molecule has 0 radical (unpaired) electrons. The summed E-state index contributed by atoms with van der Waals surface area (Å²) >= 11 is 5.76. The van der Waals surface area contributed by atoms with E-state index in [1.807, 2.05) is 23.1 Å². The number of aryl methyl sites for hydroxylation is 1. The van der Waals surface area contributed by atoms with Crippen molar-refractivity contribution in [3.63, 3.8) is 0 Å². The first-order chi connectivity index (χ1) is 17.8. The average molecular weight is 673 g/mol. The number of likely N-dealkylation sites (tertiary alicyclic amines) is 1. The van der Waals surface area contributed by atoms with Gasteiger partial charge < -0.3 is 15.2 Å². The minimum absolute atomic E-state index is 0.0967. The minimum atomic E-state index is -0.147.